The Balaban J connectivity index is 1.20. The third-order valence-electron chi connectivity index (χ3n) is 6.02. The molecule has 1 aromatic heterocycles. The number of carbonyl (C=O) groups excluding carboxylic acids is 1. The predicted octanol–water partition coefficient (Wildman–Crippen LogP) is 4.66. The average Bonchev–Trinajstić information content (AvgIpc) is 2.85. The first-order valence-corrected chi connectivity index (χ1v) is 11.4. The molecular formula is C27H31N3O2. The number of nitrogens with one attached hydrogen (secondary N) is 1. The fourth-order valence-corrected chi connectivity index (χ4v) is 4.20. The van der Waals surface area contributed by atoms with Crippen LogP contribution >= 0.6 is 0 Å². The summed E-state index contributed by atoms with van der Waals surface area (Å²) in [7, 11) is 0. The molecule has 1 atom stereocenters. The minimum Gasteiger partial charge on any atom is -0.489 e. The standard InChI is InChI=1S/C27H31N3O2/c1-21(19-29-27(31)25-11-15-28-16-12-25)32-26-9-7-22(8-10-26)20-30-17-13-24(14-18-30)23-5-3-2-4-6-23/h2-12,15-16,21,24H,13-14,17-20H2,1H3,(H,29,31)/t21-/m1/s1. The van der Waals surface area contributed by atoms with Crippen molar-refractivity contribution in [3.63, 3.8) is 0 Å². The van der Waals surface area contributed by atoms with Crippen LogP contribution in [0.3, 0.4) is 0 Å². The highest BCUT2D eigenvalue weighted by Gasteiger charge is 2.20. The molecule has 2 heterocycles. The van der Waals surface area contributed by atoms with Gasteiger partial charge in [-0.05, 0) is 74.2 Å². The molecule has 5 nitrogen and oxygen atoms in total. The van der Waals surface area contributed by atoms with Gasteiger partial charge in [-0.2, -0.15) is 0 Å². The molecule has 1 aliphatic rings. The molecule has 1 N–H and O–H groups in total. The number of aromatic nitrogens is 1. The minimum absolute atomic E-state index is 0.116. The van der Waals surface area contributed by atoms with Gasteiger partial charge < -0.3 is 10.1 Å². The second kappa shape index (κ2) is 10.9. The Morgan fingerprint density at radius 1 is 1.03 bits per heavy atom. The van der Waals surface area contributed by atoms with Crippen LogP contribution < -0.4 is 10.1 Å². The van der Waals surface area contributed by atoms with Crippen LogP contribution in [0.15, 0.2) is 79.1 Å². The number of hydrogen-bond donors (Lipinski definition) is 1. The van der Waals surface area contributed by atoms with Gasteiger partial charge >= 0.3 is 0 Å². The van der Waals surface area contributed by atoms with Crippen molar-refractivity contribution in [3.8, 4) is 5.75 Å². The first-order valence-electron chi connectivity index (χ1n) is 11.4. The van der Waals surface area contributed by atoms with Gasteiger partial charge in [0, 0.05) is 24.5 Å². The number of piperidine rings is 1. The highest BCUT2D eigenvalue weighted by atomic mass is 16.5. The van der Waals surface area contributed by atoms with Gasteiger partial charge in [-0.3, -0.25) is 14.7 Å². The number of rotatable bonds is 8. The van der Waals surface area contributed by atoms with Gasteiger partial charge in [-0.25, -0.2) is 0 Å². The van der Waals surface area contributed by atoms with Gasteiger partial charge in [0.25, 0.3) is 5.91 Å². The Hall–Kier alpha value is -3.18. The lowest BCUT2D eigenvalue weighted by Gasteiger charge is -2.32. The molecule has 1 aliphatic heterocycles. The van der Waals surface area contributed by atoms with E-state index in [1.54, 1.807) is 24.5 Å². The molecule has 1 amide bonds. The van der Waals surface area contributed by atoms with Gasteiger partial charge in [-0.1, -0.05) is 42.5 Å². The molecule has 32 heavy (non-hydrogen) atoms. The van der Waals surface area contributed by atoms with E-state index in [9.17, 15) is 4.79 Å². The number of benzene rings is 2. The summed E-state index contributed by atoms with van der Waals surface area (Å²) in [6, 6.07) is 22.6. The van der Waals surface area contributed by atoms with E-state index < -0.39 is 0 Å². The second-order valence-corrected chi connectivity index (χ2v) is 8.48. The summed E-state index contributed by atoms with van der Waals surface area (Å²) in [6.07, 6.45) is 5.54. The molecule has 0 bridgehead atoms. The van der Waals surface area contributed by atoms with E-state index >= 15 is 0 Å². The Morgan fingerprint density at radius 2 is 1.72 bits per heavy atom. The van der Waals surface area contributed by atoms with Crippen molar-refractivity contribution in [2.24, 2.45) is 0 Å². The quantitative estimate of drug-likeness (QED) is 0.566. The van der Waals surface area contributed by atoms with E-state index in [4.69, 9.17) is 4.74 Å². The van der Waals surface area contributed by atoms with Crippen LogP contribution in [-0.4, -0.2) is 41.5 Å². The van der Waals surface area contributed by atoms with Crippen molar-refractivity contribution >= 4 is 5.91 Å². The maximum absolute atomic E-state index is 12.1. The molecule has 0 spiro atoms. The highest BCUT2D eigenvalue weighted by Crippen LogP contribution is 2.28. The molecule has 4 rings (SSSR count). The molecular weight excluding hydrogens is 398 g/mol. The number of pyridine rings is 1. The molecule has 5 heteroatoms. The first-order chi connectivity index (χ1) is 15.7. The zero-order chi connectivity index (χ0) is 22.2. The fourth-order valence-electron chi connectivity index (χ4n) is 4.20. The van der Waals surface area contributed by atoms with E-state index in [0.29, 0.717) is 18.0 Å². The largest absolute Gasteiger partial charge is 0.489 e. The Bertz CT molecular complexity index is 969. The minimum atomic E-state index is -0.122. The molecule has 1 fully saturated rings. The summed E-state index contributed by atoms with van der Waals surface area (Å²) < 4.78 is 5.97. The van der Waals surface area contributed by atoms with E-state index in [1.807, 2.05) is 19.1 Å². The van der Waals surface area contributed by atoms with Crippen molar-refractivity contribution in [2.75, 3.05) is 19.6 Å². The third kappa shape index (κ3) is 6.17. The lowest BCUT2D eigenvalue weighted by Crippen LogP contribution is -2.33. The van der Waals surface area contributed by atoms with Crippen molar-refractivity contribution in [3.05, 3.63) is 95.8 Å². The molecule has 2 aromatic carbocycles. The molecule has 0 unspecified atom stereocenters. The summed E-state index contributed by atoms with van der Waals surface area (Å²) in [6.45, 7) is 5.63. The normalized spacial score (nSPS) is 15.8. The van der Waals surface area contributed by atoms with Crippen molar-refractivity contribution in [2.45, 2.75) is 38.3 Å². The number of hydrogen-bond acceptors (Lipinski definition) is 4. The predicted molar refractivity (Wildman–Crippen MR) is 127 cm³/mol. The number of likely N-dealkylation sites (tertiary alicyclic amines) is 1. The van der Waals surface area contributed by atoms with Crippen LogP contribution in [0.25, 0.3) is 0 Å². The summed E-state index contributed by atoms with van der Waals surface area (Å²) in [4.78, 5) is 18.6. The van der Waals surface area contributed by atoms with Crippen LogP contribution in [0.2, 0.25) is 0 Å². The number of nitrogens with zero attached hydrogens (tertiary/aromatic N) is 2. The summed E-state index contributed by atoms with van der Waals surface area (Å²) in [5.74, 6) is 1.39. The third-order valence-corrected chi connectivity index (χ3v) is 6.02. The molecule has 0 radical (unpaired) electrons. The molecule has 166 valence electrons. The lowest BCUT2D eigenvalue weighted by molar-refractivity contribution is 0.0932. The van der Waals surface area contributed by atoms with Gasteiger partial charge in [0.05, 0.1) is 6.54 Å². The molecule has 1 saturated heterocycles. The van der Waals surface area contributed by atoms with Crippen LogP contribution in [0.1, 0.15) is 47.2 Å². The number of carbonyl (C=O) groups is 1. The van der Waals surface area contributed by atoms with E-state index in [-0.39, 0.29) is 12.0 Å². The van der Waals surface area contributed by atoms with Gasteiger partial charge in [0.2, 0.25) is 0 Å². The Kier molecular flexibility index (Phi) is 7.51. The zero-order valence-corrected chi connectivity index (χ0v) is 18.6. The molecule has 0 aliphatic carbocycles. The highest BCUT2D eigenvalue weighted by molar-refractivity contribution is 5.93. The molecule has 0 saturated carbocycles. The summed E-state index contributed by atoms with van der Waals surface area (Å²) in [5.41, 5.74) is 3.37. The number of amides is 1. The smallest absolute Gasteiger partial charge is 0.251 e. The molecule has 3 aromatic rings. The summed E-state index contributed by atoms with van der Waals surface area (Å²) in [5, 5.41) is 2.90. The Morgan fingerprint density at radius 3 is 2.41 bits per heavy atom. The zero-order valence-electron chi connectivity index (χ0n) is 18.6. The average molecular weight is 430 g/mol. The lowest BCUT2D eigenvalue weighted by atomic mass is 9.89. The first kappa shape index (κ1) is 22.0. The maximum atomic E-state index is 12.1. The van der Waals surface area contributed by atoms with Crippen LogP contribution in [0, 0.1) is 0 Å². The van der Waals surface area contributed by atoms with Crippen molar-refractivity contribution < 1.29 is 9.53 Å². The summed E-state index contributed by atoms with van der Waals surface area (Å²) >= 11 is 0. The van der Waals surface area contributed by atoms with Crippen molar-refractivity contribution in [1.82, 2.24) is 15.2 Å². The maximum Gasteiger partial charge on any atom is 0.251 e. The fraction of sp³-hybridized carbons (Fsp3) is 0.333. The van der Waals surface area contributed by atoms with E-state index in [1.165, 1.54) is 24.0 Å². The van der Waals surface area contributed by atoms with Crippen LogP contribution in [0.4, 0.5) is 0 Å². The van der Waals surface area contributed by atoms with Gasteiger partial charge in [0.15, 0.2) is 0 Å². The van der Waals surface area contributed by atoms with Crippen LogP contribution in [0.5, 0.6) is 5.75 Å². The SMILES string of the molecule is C[C@H](CNC(=O)c1ccncc1)Oc1ccc(CN2CCC(c3ccccc3)CC2)cc1. The topological polar surface area (TPSA) is 54.5 Å². The van der Waals surface area contributed by atoms with Crippen LogP contribution in [-0.2, 0) is 6.54 Å². The van der Waals surface area contributed by atoms with Gasteiger partial charge in [-0.15, -0.1) is 0 Å². The van der Waals surface area contributed by atoms with Crippen molar-refractivity contribution in [1.29, 1.82) is 0 Å². The number of ether oxygens (including phenoxy) is 1. The second-order valence-electron chi connectivity index (χ2n) is 8.48. The van der Waals surface area contributed by atoms with E-state index in [2.05, 4.69) is 57.7 Å². The van der Waals surface area contributed by atoms with Gasteiger partial charge in [0.1, 0.15) is 11.9 Å². The Labute approximate surface area is 190 Å². The van der Waals surface area contributed by atoms with E-state index in [0.717, 1.165) is 25.4 Å². The monoisotopic (exact) mass is 429 g/mol.